The maximum absolute atomic E-state index is 13.2. The standard InChI is InChI=1S/C29H36N2O5/c1-5-19-35-23-13-9-21(10-14-23)26-25(27(32)22-11-15-24(16-12-22)36-20-6-2)28(33)29(34)31(26)18-17-30(7-3)8-4/h5,9-16,26,32H,1,6-8,17-20H2,2-4H3/b27-25+/t26-/m1/s1. The summed E-state index contributed by atoms with van der Waals surface area (Å²) in [6.45, 7) is 13.4. The number of rotatable bonds is 13. The molecule has 36 heavy (non-hydrogen) atoms. The lowest BCUT2D eigenvalue weighted by Crippen LogP contribution is -2.38. The molecule has 3 rings (SSSR count). The molecule has 0 radical (unpaired) electrons. The van der Waals surface area contributed by atoms with E-state index in [9.17, 15) is 14.7 Å². The van der Waals surface area contributed by atoms with Crippen molar-refractivity contribution in [3.8, 4) is 11.5 Å². The molecule has 1 atom stereocenters. The van der Waals surface area contributed by atoms with Crippen LogP contribution >= 0.6 is 0 Å². The lowest BCUT2D eigenvalue weighted by molar-refractivity contribution is -0.140. The lowest BCUT2D eigenvalue weighted by atomic mass is 9.95. The number of aliphatic hydroxyl groups excluding tert-OH is 1. The van der Waals surface area contributed by atoms with Gasteiger partial charge in [-0.2, -0.15) is 0 Å². The molecule has 7 heteroatoms. The molecule has 1 heterocycles. The number of benzene rings is 2. The second-order valence-corrected chi connectivity index (χ2v) is 8.56. The Morgan fingerprint density at radius 3 is 2.19 bits per heavy atom. The van der Waals surface area contributed by atoms with E-state index < -0.39 is 17.7 Å². The first-order valence-electron chi connectivity index (χ1n) is 12.5. The number of hydrogen-bond donors (Lipinski definition) is 1. The first-order valence-corrected chi connectivity index (χ1v) is 12.5. The number of carbonyl (C=O) groups is 2. The van der Waals surface area contributed by atoms with Crippen LogP contribution in [0.5, 0.6) is 11.5 Å². The van der Waals surface area contributed by atoms with Crippen LogP contribution in [0.2, 0.25) is 0 Å². The summed E-state index contributed by atoms with van der Waals surface area (Å²) < 4.78 is 11.2. The summed E-state index contributed by atoms with van der Waals surface area (Å²) >= 11 is 0. The van der Waals surface area contributed by atoms with Gasteiger partial charge in [-0.3, -0.25) is 9.59 Å². The highest BCUT2D eigenvalue weighted by atomic mass is 16.5. The molecule has 192 valence electrons. The number of aliphatic hydroxyl groups is 1. The minimum absolute atomic E-state index is 0.0848. The van der Waals surface area contributed by atoms with Gasteiger partial charge in [-0.05, 0) is 61.5 Å². The number of likely N-dealkylation sites (tertiary alicyclic amines) is 1. The normalized spacial score (nSPS) is 17.0. The largest absolute Gasteiger partial charge is 0.507 e. The molecule has 2 aromatic rings. The van der Waals surface area contributed by atoms with Gasteiger partial charge in [0.1, 0.15) is 23.9 Å². The molecule has 0 spiro atoms. The molecule has 0 saturated carbocycles. The van der Waals surface area contributed by atoms with Crippen molar-refractivity contribution in [2.24, 2.45) is 0 Å². The zero-order valence-corrected chi connectivity index (χ0v) is 21.4. The maximum atomic E-state index is 13.2. The van der Waals surface area contributed by atoms with Crippen LogP contribution in [-0.4, -0.2) is 66.0 Å². The number of hydrogen-bond acceptors (Lipinski definition) is 6. The Kier molecular flexibility index (Phi) is 9.70. The Morgan fingerprint density at radius 2 is 1.61 bits per heavy atom. The zero-order chi connectivity index (χ0) is 26.1. The van der Waals surface area contributed by atoms with E-state index in [0.29, 0.717) is 43.4 Å². The molecule has 0 aromatic heterocycles. The van der Waals surface area contributed by atoms with Crippen LogP contribution in [-0.2, 0) is 9.59 Å². The molecule has 1 N–H and O–H groups in total. The minimum atomic E-state index is -0.704. The monoisotopic (exact) mass is 492 g/mol. The molecular weight excluding hydrogens is 456 g/mol. The molecule has 1 amide bonds. The highest BCUT2D eigenvalue weighted by molar-refractivity contribution is 6.46. The number of carbonyl (C=O) groups excluding carboxylic acids is 2. The Hall–Kier alpha value is -3.58. The average molecular weight is 493 g/mol. The van der Waals surface area contributed by atoms with Crippen molar-refractivity contribution in [3.63, 3.8) is 0 Å². The van der Waals surface area contributed by atoms with Gasteiger partial charge in [0.05, 0.1) is 18.2 Å². The summed E-state index contributed by atoms with van der Waals surface area (Å²) in [4.78, 5) is 30.1. The van der Waals surface area contributed by atoms with Crippen LogP contribution in [0.3, 0.4) is 0 Å². The summed E-state index contributed by atoms with van der Waals surface area (Å²) in [6, 6.07) is 13.4. The van der Waals surface area contributed by atoms with E-state index in [-0.39, 0.29) is 11.3 Å². The van der Waals surface area contributed by atoms with Gasteiger partial charge in [0.2, 0.25) is 0 Å². The quantitative estimate of drug-likeness (QED) is 0.187. The molecule has 1 fully saturated rings. The number of ether oxygens (including phenoxy) is 2. The fraction of sp³-hybridized carbons (Fsp3) is 0.379. The van der Waals surface area contributed by atoms with Gasteiger partial charge in [0.25, 0.3) is 11.7 Å². The number of ketones is 1. The number of amides is 1. The third kappa shape index (κ3) is 6.15. The first kappa shape index (κ1) is 27.0. The summed E-state index contributed by atoms with van der Waals surface area (Å²) in [5, 5.41) is 11.3. The van der Waals surface area contributed by atoms with Gasteiger partial charge < -0.3 is 24.4 Å². The van der Waals surface area contributed by atoms with E-state index in [1.54, 1.807) is 47.4 Å². The number of Topliss-reactive ketones (excluding diaryl/α,β-unsaturated/α-hetero) is 1. The summed E-state index contributed by atoms with van der Waals surface area (Å²) in [5.74, 6) is -0.155. The first-order chi connectivity index (χ1) is 17.4. The molecule has 1 aliphatic rings. The van der Waals surface area contributed by atoms with E-state index in [0.717, 1.165) is 25.1 Å². The van der Waals surface area contributed by atoms with Crippen LogP contribution < -0.4 is 9.47 Å². The highest BCUT2D eigenvalue weighted by Gasteiger charge is 2.46. The van der Waals surface area contributed by atoms with Gasteiger partial charge in [-0.25, -0.2) is 0 Å². The van der Waals surface area contributed by atoms with Crippen molar-refractivity contribution in [3.05, 3.63) is 77.9 Å². The predicted octanol–water partition coefficient (Wildman–Crippen LogP) is 4.80. The van der Waals surface area contributed by atoms with E-state index >= 15 is 0 Å². The maximum Gasteiger partial charge on any atom is 0.295 e. The van der Waals surface area contributed by atoms with Crippen LogP contribution in [0.4, 0.5) is 0 Å². The highest BCUT2D eigenvalue weighted by Crippen LogP contribution is 2.39. The van der Waals surface area contributed by atoms with Crippen molar-refractivity contribution in [2.75, 3.05) is 39.4 Å². The van der Waals surface area contributed by atoms with Gasteiger partial charge in [-0.1, -0.05) is 45.6 Å². The fourth-order valence-electron chi connectivity index (χ4n) is 4.23. The SMILES string of the molecule is C=CCOc1ccc([C@@H]2/C(=C(\O)c3ccc(OCCC)cc3)C(=O)C(=O)N2CCN(CC)CC)cc1. The van der Waals surface area contributed by atoms with Crippen LogP contribution in [0, 0.1) is 0 Å². The third-order valence-electron chi connectivity index (χ3n) is 6.26. The molecule has 1 aliphatic heterocycles. The molecule has 0 unspecified atom stereocenters. The molecule has 1 saturated heterocycles. The van der Waals surface area contributed by atoms with Crippen molar-refractivity contribution in [1.29, 1.82) is 0 Å². The zero-order valence-electron chi connectivity index (χ0n) is 21.4. The summed E-state index contributed by atoms with van der Waals surface area (Å²) in [6.07, 6.45) is 2.55. The van der Waals surface area contributed by atoms with Gasteiger partial charge in [0.15, 0.2) is 0 Å². The molecule has 0 aliphatic carbocycles. The Morgan fingerprint density at radius 1 is 1.00 bits per heavy atom. The van der Waals surface area contributed by atoms with Gasteiger partial charge in [0, 0.05) is 18.7 Å². The summed E-state index contributed by atoms with van der Waals surface area (Å²) in [7, 11) is 0. The smallest absolute Gasteiger partial charge is 0.295 e. The molecule has 7 nitrogen and oxygen atoms in total. The van der Waals surface area contributed by atoms with Crippen LogP contribution in [0.1, 0.15) is 44.4 Å². The fourth-order valence-corrected chi connectivity index (χ4v) is 4.23. The van der Waals surface area contributed by atoms with Crippen molar-refractivity contribution >= 4 is 17.4 Å². The second-order valence-electron chi connectivity index (χ2n) is 8.56. The Bertz CT molecular complexity index is 1070. The van der Waals surface area contributed by atoms with E-state index in [1.165, 1.54) is 0 Å². The van der Waals surface area contributed by atoms with Gasteiger partial charge >= 0.3 is 0 Å². The van der Waals surface area contributed by atoms with Crippen molar-refractivity contribution < 1.29 is 24.2 Å². The lowest BCUT2D eigenvalue weighted by Gasteiger charge is -2.28. The number of nitrogens with zero attached hydrogens (tertiary/aromatic N) is 2. The second kappa shape index (κ2) is 12.9. The Labute approximate surface area is 213 Å². The van der Waals surface area contributed by atoms with E-state index in [1.807, 2.05) is 19.1 Å². The summed E-state index contributed by atoms with van der Waals surface area (Å²) in [5.41, 5.74) is 1.27. The average Bonchev–Trinajstić information content (AvgIpc) is 3.16. The predicted molar refractivity (Wildman–Crippen MR) is 141 cm³/mol. The third-order valence-corrected chi connectivity index (χ3v) is 6.26. The van der Waals surface area contributed by atoms with Gasteiger partial charge in [-0.15, -0.1) is 0 Å². The van der Waals surface area contributed by atoms with E-state index in [2.05, 4.69) is 25.3 Å². The number of likely N-dealkylation sites (N-methyl/N-ethyl adjacent to an activating group) is 1. The van der Waals surface area contributed by atoms with Crippen LogP contribution in [0.15, 0.2) is 66.8 Å². The topological polar surface area (TPSA) is 79.3 Å². The van der Waals surface area contributed by atoms with Crippen molar-refractivity contribution in [2.45, 2.75) is 33.2 Å². The molecule has 2 aromatic carbocycles. The van der Waals surface area contributed by atoms with E-state index in [4.69, 9.17) is 9.47 Å². The Balaban J connectivity index is 2.01. The molecule has 0 bridgehead atoms. The minimum Gasteiger partial charge on any atom is -0.507 e. The van der Waals surface area contributed by atoms with Crippen LogP contribution in [0.25, 0.3) is 5.76 Å². The van der Waals surface area contributed by atoms with Crippen molar-refractivity contribution in [1.82, 2.24) is 9.80 Å². The molecular formula is C29H36N2O5.